The van der Waals surface area contributed by atoms with E-state index in [4.69, 9.17) is 0 Å². The van der Waals surface area contributed by atoms with Crippen LogP contribution in [0, 0.1) is 5.92 Å². The molecule has 0 spiro atoms. The van der Waals surface area contributed by atoms with Crippen LogP contribution in [0.15, 0.2) is 18.3 Å². The third kappa shape index (κ3) is 2.03. The van der Waals surface area contributed by atoms with Crippen molar-refractivity contribution in [3.8, 4) is 0 Å². The first-order valence-electron chi connectivity index (χ1n) is 4.68. The average Bonchev–Trinajstić information content (AvgIpc) is 2.53. The number of fused-ring (bicyclic) bond motifs is 1. The molecule has 0 saturated heterocycles. The Hall–Kier alpha value is 0.870. The monoisotopic (exact) mass is 261 g/mol. The zero-order valence-electron chi connectivity index (χ0n) is 8.14. The van der Waals surface area contributed by atoms with Crippen molar-refractivity contribution in [1.82, 2.24) is 4.98 Å². The topological polar surface area (TPSA) is 12.9 Å². The van der Waals surface area contributed by atoms with Crippen molar-refractivity contribution < 1.29 is 0 Å². The van der Waals surface area contributed by atoms with Crippen LogP contribution in [0.4, 0.5) is 0 Å². The molecule has 0 radical (unpaired) electrons. The Labute approximate surface area is 92.9 Å². The van der Waals surface area contributed by atoms with Crippen LogP contribution in [-0.4, -0.2) is 4.98 Å². The molecule has 0 aromatic carbocycles. The van der Waals surface area contributed by atoms with Crippen molar-refractivity contribution in [3.05, 3.63) is 29.6 Å². The van der Waals surface area contributed by atoms with Crippen LogP contribution in [0.2, 0.25) is 0 Å². The Bertz CT molecular complexity index is 326. The minimum atomic E-state index is 0.0395. The van der Waals surface area contributed by atoms with E-state index in [1.807, 2.05) is 6.20 Å². The van der Waals surface area contributed by atoms with Crippen LogP contribution in [0.25, 0.3) is 0 Å². The predicted molar refractivity (Wildman–Crippen MR) is 74.5 cm³/mol. The van der Waals surface area contributed by atoms with E-state index in [1.165, 1.54) is 17.7 Å². The summed E-state index contributed by atoms with van der Waals surface area (Å²) in [6, 6.07) is 4.29. The van der Waals surface area contributed by atoms with Crippen molar-refractivity contribution in [2.75, 3.05) is 0 Å². The van der Waals surface area contributed by atoms with Crippen LogP contribution in [0.5, 0.6) is 0 Å². The van der Waals surface area contributed by atoms with Crippen molar-refractivity contribution in [2.24, 2.45) is 5.92 Å². The fraction of sp³-hybridized carbons (Fsp3) is 0.444. The number of pyridine rings is 1. The first-order chi connectivity index (χ1) is 6.74. The van der Waals surface area contributed by atoms with E-state index in [0.717, 1.165) is 13.9 Å². The average molecular weight is 261 g/mol. The summed E-state index contributed by atoms with van der Waals surface area (Å²) in [5.41, 5.74) is 3.56. The number of hydrogen-bond donors (Lipinski definition) is 0. The second-order valence-electron chi connectivity index (χ2n) is 3.71. The summed E-state index contributed by atoms with van der Waals surface area (Å²) < 4.78 is 0. The molecule has 1 aliphatic carbocycles. The maximum absolute atomic E-state index is 4.56. The fourth-order valence-electron chi connectivity index (χ4n) is 2.10. The highest BCUT2D eigenvalue weighted by Crippen LogP contribution is 2.76. The van der Waals surface area contributed by atoms with Crippen LogP contribution in [0.3, 0.4) is 0 Å². The highest BCUT2D eigenvalue weighted by Gasteiger charge is 2.33. The maximum Gasteiger partial charge on any atom is 0.0518 e. The molecule has 0 saturated carbocycles. The van der Waals surface area contributed by atoms with Gasteiger partial charge in [-0.1, -0.05) is 28.2 Å². The Morgan fingerprint density at radius 3 is 3.14 bits per heavy atom. The van der Waals surface area contributed by atoms with E-state index >= 15 is 0 Å². The Kier molecular flexibility index (Phi) is 3.90. The summed E-state index contributed by atoms with van der Waals surface area (Å²) in [6.45, 7) is 2.36. The molecular weight excluding hydrogens is 246 g/mol. The third-order valence-electron chi connectivity index (χ3n) is 2.74. The van der Waals surface area contributed by atoms with Crippen molar-refractivity contribution in [1.29, 1.82) is 0 Å². The molecule has 0 fully saturated rings. The van der Waals surface area contributed by atoms with Crippen LogP contribution < -0.4 is 0 Å². The molecule has 1 aromatic heterocycles. The first kappa shape index (κ1) is 11.4. The first-order valence-corrected chi connectivity index (χ1v) is 11.4. The summed E-state index contributed by atoms with van der Waals surface area (Å²) in [4.78, 5) is 4.56. The summed E-state index contributed by atoms with van der Waals surface area (Å²) in [5.74, 6) is 0.775. The van der Waals surface area contributed by atoms with Gasteiger partial charge in [-0.3, -0.25) is 4.98 Å². The molecule has 5 heteroatoms. The van der Waals surface area contributed by atoms with Gasteiger partial charge in [-0.05, 0) is 24.0 Å². The van der Waals surface area contributed by atoms with Crippen LogP contribution in [-0.2, 0) is 6.42 Å². The van der Waals surface area contributed by atoms with Gasteiger partial charge in [0.05, 0.1) is 5.69 Å². The molecule has 0 amide bonds. The Balaban J connectivity index is 2.34. The molecule has 1 nitrogen and oxygen atoms in total. The highest BCUT2D eigenvalue weighted by molar-refractivity contribution is 8.61. The molecular formula is C9H15NP4. The van der Waals surface area contributed by atoms with Gasteiger partial charge in [0.25, 0.3) is 0 Å². The van der Waals surface area contributed by atoms with Gasteiger partial charge in [0, 0.05) is 11.9 Å². The number of hydrogen-bond acceptors (Lipinski definition) is 1. The SMILES string of the molecule is C[C@H]1Cc2cccnc2[C@H]1P(P)PP. The molecule has 6 atom stereocenters. The number of aromatic nitrogens is 1. The van der Waals surface area contributed by atoms with Gasteiger partial charge in [0.15, 0.2) is 0 Å². The van der Waals surface area contributed by atoms with E-state index in [0.29, 0.717) is 5.66 Å². The predicted octanol–water partition coefficient (Wildman–Crippen LogP) is 3.97. The van der Waals surface area contributed by atoms with Crippen molar-refractivity contribution in [3.63, 3.8) is 0 Å². The fourth-order valence-corrected chi connectivity index (χ4v) is 7.78. The summed E-state index contributed by atoms with van der Waals surface area (Å²) in [7, 11) is 6.94. The molecule has 0 N–H and O–H groups in total. The quantitative estimate of drug-likeness (QED) is 0.734. The summed E-state index contributed by atoms with van der Waals surface area (Å²) >= 11 is 0. The minimum absolute atomic E-state index is 0.0395. The minimum Gasteiger partial charge on any atom is -0.260 e. The lowest BCUT2D eigenvalue weighted by Gasteiger charge is -2.22. The number of rotatable bonds is 2. The second kappa shape index (κ2) is 4.80. The molecule has 0 aliphatic heterocycles. The van der Waals surface area contributed by atoms with Gasteiger partial charge >= 0.3 is 0 Å². The largest absolute Gasteiger partial charge is 0.260 e. The van der Waals surface area contributed by atoms with Gasteiger partial charge in [-0.15, -0.1) is 17.9 Å². The van der Waals surface area contributed by atoms with Gasteiger partial charge in [-0.2, -0.15) is 0 Å². The lowest BCUT2D eigenvalue weighted by Crippen LogP contribution is -1.98. The Morgan fingerprint density at radius 2 is 2.43 bits per heavy atom. The van der Waals surface area contributed by atoms with E-state index < -0.39 is 0 Å². The maximum atomic E-state index is 4.56. The third-order valence-corrected chi connectivity index (χ3v) is 13.8. The van der Waals surface area contributed by atoms with Gasteiger partial charge in [0.2, 0.25) is 0 Å². The second-order valence-corrected chi connectivity index (χ2v) is 13.2. The zero-order chi connectivity index (χ0) is 10.1. The molecule has 4 unspecified atom stereocenters. The number of nitrogens with zero attached hydrogens (tertiary/aromatic N) is 1. The molecule has 0 bridgehead atoms. The lowest BCUT2D eigenvalue weighted by atomic mass is 10.1. The zero-order valence-corrected chi connectivity index (χ0v) is 12.3. The highest BCUT2D eigenvalue weighted by atomic mass is 32.6. The van der Waals surface area contributed by atoms with Gasteiger partial charge in [0.1, 0.15) is 0 Å². The van der Waals surface area contributed by atoms with Crippen molar-refractivity contribution >= 4 is 33.1 Å². The molecule has 76 valence electrons. The van der Waals surface area contributed by atoms with E-state index in [9.17, 15) is 0 Å². The van der Waals surface area contributed by atoms with E-state index in [-0.39, 0.29) is 7.30 Å². The Morgan fingerprint density at radius 1 is 1.64 bits per heavy atom. The lowest BCUT2D eigenvalue weighted by molar-refractivity contribution is 0.609. The molecule has 2 rings (SSSR count). The molecule has 14 heavy (non-hydrogen) atoms. The van der Waals surface area contributed by atoms with Crippen LogP contribution in [0.1, 0.15) is 23.8 Å². The van der Waals surface area contributed by atoms with Gasteiger partial charge < -0.3 is 0 Å². The molecule has 1 aliphatic rings. The van der Waals surface area contributed by atoms with Crippen molar-refractivity contribution in [2.45, 2.75) is 19.0 Å². The van der Waals surface area contributed by atoms with Crippen LogP contribution >= 0.6 is 33.1 Å². The molecule has 1 heterocycles. The summed E-state index contributed by atoms with van der Waals surface area (Å²) in [5, 5.41) is 0. The normalized spacial score (nSPS) is 28.2. The standard InChI is InChI=1S/C9H15NP4/c1-6-5-7-3-2-4-10-8(7)9(6)14(12)13-11/h2-4,6,9,13H,5,11-12H2,1H3/t6-,9-,14?/m0/s1. The van der Waals surface area contributed by atoms with E-state index in [2.05, 4.69) is 41.9 Å². The van der Waals surface area contributed by atoms with Gasteiger partial charge in [-0.25, -0.2) is 0 Å². The smallest absolute Gasteiger partial charge is 0.0518 e. The summed E-state index contributed by atoms with van der Waals surface area (Å²) in [6.07, 6.45) is 3.15. The molecule has 1 aromatic rings. The van der Waals surface area contributed by atoms with E-state index in [1.54, 1.807) is 0 Å².